The molecule has 0 bridgehead atoms. The van der Waals surface area contributed by atoms with Gasteiger partial charge in [0.15, 0.2) is 6.67 Å². The topological polar surface area (TPSA) is 83.4 Å². The third kappa shape index (κ3) is 3.84. The molecule has 1 aromatic carbocycles. The molecule has 2 N–H and O–H groups in total. The van der Waals surface area contributed by atoms with Gasteiger partial charge in [-0.25, -0.2) is 9.69 Å². The van der Waals surface area contributed by atoms with Gasteiger partial charge in [0.2, 0.25) is 0 Å². The monoisotopic (exact) mass is 421 g/mol. The van der Waals surface area contributed by atoms with E-state index in [4.69, 9.17) is 16.3 Å². The lowest BCUT2D eigenvalue weighted by Gasteiger charge is -2.34. The molecule has 4 amide bonds. The summed E-state index contributed by atoms with van der Waals surface area (Å²) in [5.74, 6) is -0.206. The summed E-state index contributed by atoms with van der Waals surface area (Å²) in [5.41, 5.74) is -0.400. The lowest BCUT2D eigenvalue weighted by atomic mass is 9.92. The number of amides is 4. The summed E-state index contributed by atoms with van der Waals surface area (Å²) in [4.78, 5) is 42.3. The molecule has 3 aliphatic heterocycles. The number of carbonyl (C=O) groups is 3. The highest BCUT2D eigenvalue weighted by Crippen LogP contribution is 2.29. The Kier molecular flexibility index (Phi) is 5.50. The van der Waals surface area contributed by atoms with Crippen LogP contribution in [0.2, 0.25) is 5.02 Å². The van der Waals surface area contributed by atoms with E-state index >= 15 is 0 Å². The van der Waals surface area contributed by atoms with E-state index in [1.54, 1.807) is 31.2 Å². The molecule has 29 heavy (non-hydrogen) atoms. The summed E-state index contributed by atoms with van der Waals surface area (Å²) in [6.07, 6.45) is 1.42. The Labute approximate surface area is 174 Å². The number of nitrogens with one attached hydrogen (secondary N) is 2. The lowest BCUT2D eigenvalue weighted by Crippen LogP contribution is -3.16. The second-order valence-electron chi connectivity index (χ2n) is 8.03. The minimum atomic E-state index is -1.10. The summed E-state index contributed by atoms with van der Waals surface area (Å²) >= 11 is 5.94. The van der Waals surface area contributed by atoms with Crippen LogP contribution in [0.5, 0.6) is 0 Å². The van der Waals surface area contributed by atoms with Crippen LogP contribution in [0, 0.1) is 0 Å². The maximum Gasteiger partial charge on any atom is 0.329 e. The Morgan fingerprint density at radius 1 is 1.28 bits per heavy atom. The first-order valence-electron chi connectivity index (χ1n) is 10.0. The molecule has 156 valence electrons. The summed E-state index contributed by atoms with van der Waals surface area (Å²) in [5, 5.41) is 3.39. The van der Waals surface area contributed by atoms with Gasteiger partial charge in [0.1, 0.15) is 11.6 Å². The van der Waals surface area contributed by atoms with Crippen LogP contribution >= 0.6 is 11.6 Å². The van der Waals surface area contributed by atoms with E-state index in [0.29, 0.717) is 43.4 Å². The number of halogens is 1. The first-order valence-corrected chi connectivity index (χ1v) is 10.4. The zero-order valence-electron chi connectivity index (χ0n) is 16.4. The van der Waals surface area contributed by atoms with Crippen LogP contribution in [0.1, 0.15) is 25.3 Å². The maximum absolute atomic E-state index is 13.1. The molecule has 0 spiro atoms. The number of hydrogen-bond acceptors (Lipinski definition) is 4. The molecule has 0 aromatic heterocycles. The summed E-state index contributed by atoms with van der Waals surface area (Å²) < 4.78 is 5.49. The molecule has 0 saturated carbocycles. The second-order valence-corrected chi connectivity index (χ2v) is 8.47. The molecule has 8 nitrogen and oxygen atoms in total. The highest BCUT2D eigenvalue weighted by atomic mass is 35.5. The molecule has 0 aliphatic carbocycles. The fourth-order valence-electron chi connectivity index (χ4n) is 4.22. The Morgan fingerprint density at radius 3 is 2.59 bits per heavy atom. The molecule has 3 saturated heterocycles. The van der Waals surface area contributed by atoms with E-state index < -0.39 is 11.6 Å². The van der Waals surface area contributed by atoms with Crippen LogP contribution in [0.4, 0.5) is 4.79 Å². The number of imide groups is 1. The summed E-state index contributed by atoms with van der Waals surface area (Å²) in [6, 6.07) is 6.54. The van der Waals surface area contributed by atoms with Gasteiger partial charge in [-0.2, -0.15) is 0 Å². The van der Waals surface area contributed by atoms with Crippen molar-refractivity contribution in [3.8, 4) is 0 Å². The Hall–Kier alpha value is -2.16. The number of benzene rings is 1. The van der Waals surface area contributed by atoms with Crippen molar-refractivity contribution in [3.63, 3.8) is 0 Å². The van der Waals surface area contributed by atoms with Gasteiger partial charge in [0.25, 0.3) is 11.8 Å². The van der Waals surface area contributed by atoms with Crippen molar-refractivity contribution in [2.45, 2.75) is 31.4 Å². The lowest BCUT2D eigenvalue weighted by molar-refractivity contribution is -0.911. The molecule has 1 aromatic rings. The largest absolute Gasteiger partial charge is 0.368 e. The first-order chi connectivity index (χ1) is 13.9. The highest BCUT2D eigenvalue weighted by molar-refractivity contribution is 6.30. The maximum atomic E-state index is 13.1. The Bertz CT molecular complexity index is 803. The minimum Gasteiger partial charge on any atom is -0.368 e. The van der Waals surface area contributed by atoms with Crippen molar-refractivity contribution in [2.24, 2.45) is 0 Å². The number of nitrogens with zero attached hydrogens (tertiary/aromatic N) is 2. The van der Waals surface area contributed by atoms with E-state index in [9.17, 15) is 14.4 Å². The van der Waals surface area contributed by atoms with E-state index in [0.717, 1.165) is 17.7 Å². The van der Waals surface area contributed by atoms with Crippen molar-refractivity contribution in [3.05, 3.63) is 34.9 Å². The molecule has 0 radical (unpaired) electrons. The number of rotatable bonds is 4. The van der Waals surface area contributed by atoms with Gasteiger partial charge in [0, 0.05) is 11.6 Å². The molecular weight excluding hydrogens is 396 g/mol. The normalized spacial score (nSPS) is 28.1. The number of hydrogen-bond donors (Lipinski definition) is 2. The smallest absolute Gasteiger partial charge is 0.329 e. The van der Waals surface area contributed by atoms with Crippen molar-refractivity contribution < 1.29 is 24.0 Å². The van der Waals surface area contributed by atoms with Crippen molar-refractivity contribution in [1.82, 2.24) is 15.1 Å². The molecule has 3 heterocycles. The fourth-order valence-corrected chi connectivity index (χ4v) is 4.35. The van der Waals surface area contributed by atoms with Crippen LogP contribution in [0.3, 0.4) is 0 Å². The SMILES string of the molecule is C[C@@]1(c2ccc(Cl)cc2)NC(=O)N(C[NH+]2CCN(C(=O)[C@@H]3CCCO3)CC2)C1=O. The molecule has 0 unspecified atom stereocenters. The first kappa shape index (κ1) is 20.1. The van der Waals surface area contributed by atoms with Crippen molar-refractivity contribution in [1.29, 1.82) is 0 Å². The second kappa shape index (κ2) is 7.93. The number of ether oxygens (including phenoxy) is 1. The number of carbonyl (C=O) groups excluding carboxylic acids is 3. The minimum absolute atomic E-state index is 0.0619. The van der Waals surface area contributed by atoms with Gasteiger partial charge in [0.05, 0.1) is 26.2 Å². The molecule has 9 heteroatoms. The quantitative estimate of drug-likeness (QED) is 0.669. The average Bonchev–Trinajstić information content (AvgIpc) is 3.32. The van der Waals surface area contributed by atoms with Gasteiger partial charge in [-0.1, -0.05) is 23.7 Å². The van der Waals surface area contributed by atoms with Gasteiger partial charge in [-0.15, -0.1) is 0 Å². The van der Waals surface area contributed by atoms with Gasteiger partial charge in [-0.05, 0) is 37.5 Å². The molecule has 3 fully saturated rings. The zero-order chi connectivity index (χ0) is 20.6. The third-order valence-electron chi connectivity index (χ3n) is 6.07. The zero-order valence-corrected chi connectivity index (χ0v) is 17.2. The van der Waals surface area contributed by atoms with E-state index in [-0.39, 0.29) is 24.6 Å². The van der Waals surface area contributed by atoms with Crippen LogP contribution in [0.25, 0.3) is 0 Å². The van der Waals surface area contributed by atoms with Gasteiger partial charge in [-0.3, -0.25) is 9.59 Å². The van der Waals surface area contributed by atoms with Crippen LogP contribution in [0.15, 0.2) is 24.3 Å². The number of quaternary nitrogens is 1. The Balaban J connectivity index is 1.36. The van der Waals surface area contributed by atoms with Crippen molar-refractivity contribution >= 4 is 29.4 Å². The van der Waals surface area contributed by atoms with E-state index in [2.05, 4.69) is 5.32 Å². The van der Waals surface area contributed by atoms with Gasteiger partial charge >= 0.3 is 6.03 Å². The number of urea groups is 1. The predicted octanol–water partition coefficient (Wildman–Crippen LogP) is -0.0294. The summed E-state index contributed by atoms with van der Waals surface area (Å²) in [7, 11) is 0. The standard InChI is InChI=1S/C20H25ClN4O4/c1-20(14-4-6-15(21)7-5-14)18(27)25(19(28)22-20)13-23-8-10-24(11-9-23)17(26)16-3-2-12-29-16/h4-7,16H,2-3,8-13H2,1H3,(H,22,28)/p+1/t16-,20-/m0/s1. The van der Waals surface area contributed by atoms with Crippen molar-refractivity contribution in [2.75, 3.05) is 39.5 Å². The average molecular weight is 422 g/mol. The molecule has 2 atom stereocenters. The van der Waals surface area contributed by atoms with Crippen LogP contribution in [-0.4, -0.2) is 73.2 Å². The predicted molar refractivity (Wildman–Crippen MR) is 105 cm³/mol. The third-order valence-corrected chi connectivity index (χ3v) is 6.32. The molecule has 3 aliphatic rings. The number of piperazine rings is 1. The van der Waals surface area contributed by atoms with Crippen LogP contribution < -0.4 is 10.2 Å². The van der Waals surface area contributed by atoms with Crippen LogP contribution in [-0.2, 0) is 19.9 Å². The highest BCUT2D eigenvalue weighted by Gasteiger charge is 2.50. The van der Waals surface area contributed by atoms with E-state index in [1.165, 1.54) is 4.90 Å². The Morgan fingerprint density at radius 2 is 1.97 bits per heavy atom. The van der Waals surface area contributed by atoms with Gasteiger partial charge < -0.3 is 19.9 Å². The molecule has 4 rings (SSSR count). The fraction of sp³-hybridized carbons (Fsp3) is 0.550. The summed E-state index contributed by atoms with van der Waals surface area (Å²) in [6.45, 7) is 5.23. The molecular formula is C20H26ClN4O4+. The van der Waals surface area contributed by atoms with E-state index in [1.807, 2.05) is 4.90 Å².